The standard InChI is InChI=1S/C8H7F3O3S/c1-5-2-3-7(15(12,13)14)6(4-5)8(9,10)11/h2-4H,1H3,(H,12,13,14)/p-1. The summed E-state index contributed by atoms with van der Waals surface area (Å²) in [5.41, 5.74) is -1.19. The molecule has 0 amide bonds. The van der Waals surface area contributed by atoms with E-state index in [0.29, 0.717) is 12.1 Å². The summed E-state index contributed by atoms with van der Waals surface area (Å²) in [4.78, 5) is -1.24. The Morgan fingerprint density at radius 2 is 1.80 bits per heavy atom. The monoisotopic (exact) mass is 239 g/mol. The number of benzene rings is 1. The summed E-state index contributed by atoms with van der Waals surface area (Å²) in [6.07, 6.45) is -4.85. The maximum absolute atomic E-state index is 12.4. The topological polar surface area (TPSA) is 57.2 Å². The van der Waals surface area contributed by atoms with Crippen LogP contribution < -0.4 is 0 Å². The van der Waals surface area contributed by atoms with Gasteiger partial charge in [0.25, 0.3) is 0 Å². The van der Waals surface area contributed by atoms with Crippen molar-refractivity contribution in [1.29, 1.82) is 0 Å². The number of halogens is 3. The van der Waals surface area contributed by atoms with E-state index in [9.17, 15) is 26.1 Å². The van der Waals surface area contributed by atoms with Crippen LogP contribution in [0.15, 0.2) is 23.1 Å². The van der Waals surface area contributed by atoms with Gasteiger partial charge in [0.15, 0.2) is 0 Å². The summed E-state index contributed by atoms with van der Waals surface area (Å²) in [6.45, 7) is 1.37. The fourth-order valence-electron chi connectivity index (χ4n) is 1.08. The van der Waals surface area contributed by atoms with Crippen LogP contribution in [0.5, 0.6) is 0 Å². The smallest absolute Gasteiger partial charge is 0.417 e. The van der Waals surface area contributed by atoms with Crippen molar-refractivity contribution in [1.82, 2.24) is 0 Å². The van der Waals surface area contributed by atoms with Crippen molar-refractivity contribution in [2.75, 3.05) is 0 Å². The lowest BCUT2D eigenvalue weighted by Gasteiger charge is -2.15. The minimum atomic E-state index is -5.10. The third-order valence-electron chi connectivity index (χ3n) is 1.71. The molecule has 0 heterocycles. The lowest BCUT2D eigenvalue weighted by molar-refractivity contribution is -0.140. The molecule has 0 fully saturated rings. The van der Waals surface area contributed by atoms with Gasteiger partial charge in [0.05, 0.1) is 10.5 Å². The molecular weight excluding hydrogens is 233 g/mol. The molecule has 0 saturated carbocycles. The third kappa shape index (κ3) is 2.69. The lowest BCUT2D eigenvalue weighted by Crippen LogP contribution is -2.13. The molecule has 0 atom stereocenters. The molecule has 15 heavy (non-hydrogen) atoms. The zero-order valence-corrected chi connectivity index (χ0v) is 8.32. The second kappa shape index (κ2) is 3.49. The zero-order valence-electron chi connectivity index (χ0n) is 7.50. The largest absolute Gasteiger partial charge is 0.744 e. The van der Waals surface area contributed by atoms with Crippen LogP contribution in [0.2, 0.25) is 0 Å². The molecule has 0 bridgehead atoms. The maximum Gasteiger partial charge on any atom is 0.417 e. The molecule has 0 spiro atoms. The van der Waals surface area contributed by atoms with Gasteiger partial charge in [-0.05, 0) is 19.1 Å². The highest BCUT2D eigenvalue weighted by Crippen LogP contribution is 2.34. The first kappa shape index (κ1) is 12.0. The number of hydrogen-bond donors (Lipinski definition) is 0. The van der Waals surface area contributed by atoms with E-state index < -0.39 is 26.8 Å². The SMILES string of the molecule is Cc1ccc(S(=O)(=O)[O-])c(C(F)(F)F)c1. The molecule has 0 saturated heterocycles. The summed E-state index contributed by atoms with van der Waals surface area (Å²) in [7, 11) is -5.10. The van der Waals surface area contributed by atoms with E-state index in [-0.39, 0.29) is 5.56 Å². The molecule has 0 N–H and O–H groups in total. The summed E-state index contributed by atoms with van der Waals surface area (Å²) in [5.74, 6) is 0. The molecule has 0 radical (unpaired) electrons. The Morgan fingerprint density at radius 3 is 2.20 bits per heavy atom. The van der Waals surface area contributed by atoms with Gasteiger partial charge < -0.3 is 4.55 Å². The van der Waals surface area contributed by atoms with E-state index in [1.807, 2.05) is 0 Å². The van der Waals surface area contributed by atoms with Crippen molar-refractivity contribution in [3.05, 3.63) is 29.3 Å². The first-order chi connectivity index (χ1) is 6.62. The lowest BCUT2D eigenvalue weighted by atomic mass is 10.1. The molecule has 1 aromatic rings. The Hall–Kier alpha value is -1.08. The molecule has 7 heteroatoms. The molecule has 0 aliphatic carbocycles. The predicted octanol–water partition coefficient (Wildman–Crippen LogP) is 1.92. The Bertz CT molecular complexity index is 476. The Balaban J connectivity index is 3.55. The van der Waals surface area contributed by atoms with Crippen molar-refractivity contribution in [2.24, 2.45) is 0 Å². The van der Waals surface area contributed by atoms with Crippen LogP contribution in [0, 0.1) is 6.92 Å². The van der Waals surface area contributed by atoms with E-state index in [0.717, 1.165) is 6.07 Å². The van der Waals surface area contributed by atoms with Gasteiger partial charge in [-0.15, -0.1) is 0 Å². The molecule has 0 aromatic heterocycles. The quantitative estimate of drug-likeness (QED) is 0.703. The highest BCUT2D eigenvalue weighted by atomic mass is 32.2. The Labute approximate surface area is 84.3 Å². The van der Waals surface area contributed by atoms with Crippen LogP contribution >= 0.6 is 0 Å². The molecule has 1 rings (SSSR count). The highest BCUT2D eigenvalue weighted by molar-refractivity contribution is 7.85. The van der Waals surface area contributed by atoms with Gasteiger partial charge in [-0.3, -0.25) is 0 Å². The van der Waals surface area contributed by atoms with Crippen LogP contribution in [0.1, 0.15) is 11.1 Å². The molecular formula is C8H6F3O3S-. The fraction of sp³-hybridized carbons (Fsp3) is 0.250. The minimum absolute atomic E-state index is 0.231. The Kier molecular flexibility index (Phi) is 2.79. The summed E-state index contributed by atoms with van der Waals surface area (Å²) >= 11 is 0. The number of hydrogen-bond acceptors (Lipinski definition) is 3. The van der Waals surface area contributed by atoms with Gasteiger partial charge in [0, 0.05) is 0 Å². The predicted molar refractivity (Wildman–Crippen MR) is 44.1 cm³/mol. The van der Waals surface area contributed by atoms with Crippen molar-refractivity contribution in [2.45, 2.75) is 18.0 Å². The Morgan fingerprint density at radius 1 is 1.27 bits per heavy atom. The normalized spacial score (nSPS) is 12.9. The van der Waals surface area contributed by atoms with Crippen LogP contribution in [0.4, 0.5) is 13.2 Å². The number of alkyl halides is 3. The minimum Gasteiger partial charge on any atom is -0.744 e. The molecule has 0 aliphatic rings. The molecule has 1 aromatic carbocycles. The van der Waals surface area contributed by atoms with Crippen LogP contribution in [0.25, 0.3) is 0 Å². The van der Waals surface area contributed by atoms with E-state index >= 15 is 0 Å². The van der Waals surface area contributed by atoms with Gasteiger partial charge in [0.1, 0.15) is 10.1 Å². The van der Waals surface area contributed by atoms with Gasteiger partial charge in [-0.2, -0.15) is 13.2 Å². The van der Waals surface area contributed by atoms with Crippen molar-refractivity contribution >= 4 is 10.1 Å². The van der Waals surface area contributed by atoms with E-state index in [2.05, 4.69) is 0 Å². The number of rotatable bonds is 1. The van der Waals surface area contributed by atoms with Crippen molar-refractivity contribution in [3.63, 3.8) is 0 Å². The maximum atomic E-state index is 12.4. The fourth-order valence-corrected chi connectivity index (χ4v) is 1.76. The number of aryl methyl sites for hydroxylation is 1. The summed E-state index contributed by atoms with van der Waals surface area (Å²) in [6, 6.07) is 2.44. The second-order valence-corrected chi connectivity index (χ2v) is 4.30. The van der Waals surface area contributed by atoms with Gasteiger partial charge >= 0.3 is 6.18 Å². The van der Waals surface area contributed by atoms with Crippen LogP contribution in [-0.2, 0) is 16.3 Å². The first-order valence-corrected chi connectivity index (χ1v) is 5.17. The average molecular weight is 239 g/mol. The molecule has 3 nitrogen and oxygen atoms in total. The van der Waals surface area contributed by atoms with Crippen LogP contribution in [0.3, 0.4) is 0 Å². The van der Waals surface area contributed by atoms with Crippen molar-refractivity contribution < 1.29 is 26.1 Å². The highest BCUT2D eigenvalue weighted by Gasteiger charge is 2.35. The van der Waals surface area contributed by atoms with Crippen molar-refractivity contribution in [3.8, 4) is 0 Å². The molecule has 0 aliphatic heterocycles. The molecule has 84 valence electrons. The average Bonchev–Trinajstić information content (AvgIpc) is 2.00. The summed E-state index contributed by atoms with van der Waals surface area (Å²) < 4.78 is 68.7. The van der Waals surface area contributed by atoms with E-state index in [4.69, 9.17) is 0 Å². The zero-order chi connectivity index (χ0) is 11.9. The van der Waals surface area contributed by atoms with E-state index in [1.54, 1.807) is 0 Å². The first-order valence-electron chi connectivity index (χ1n) is 3.76. The van der Waals surface area contributed by atoms with E-state index in [1.165, 1.54) is 6.92 Å². The molecule has 0 unspecified atom stereocenters. The third-order valence-corrected chi connectivity index (χ3v) is 2.60. The van der Waals surface area contributed by atoms with Gasteiger partial charge in [0.2, 0.25) is 0 Å². The van der Waals surface area contributed by atoms with Crippen LogP contribution in [-0.4, -0.2) is 13.0 Å². The van der Waals surface area contributed by atoms with Gasteiger partial charge in [-0.1, -0.05) is 11.6 Å². The van der Waals surface area contributed by atoms with Gasteiger partial charge in [-0.25, -0.2) is 8.42 Å². The second-order valence-electron chi connectivity index (χ2n) is 2.95. The summed E-state index contributed by atoms with van der Waals surface area (Å²) in [5, 5.41) is 0.